The smallest absolute Gasteiger partial charge is 0.336 e. The van der Waals surface area contributed by atoms with Gasteiger partial charge < -0.3 is 10.1 Å². The van der Waals surface area contributed by atoms with E-state index in [1.807, 2.05) is 13.0 Å². The Bertz CT molecular complexity index is 775. The first-order chi connectivity index (χ1) is 11.5. The van der Waals surface area contributed by atoms with E-state index < -0.39 is 0 Å². The molecule has 2 aliphatic rings. The lowest BCUT2D eigenvalue weighted by atomic mass is 9.78. The fourth-order valence-corrected chi connectivity index (χ4v) is 5.49. The average Bonchev–Trinajstić information content (AvgIpc) is 2.93. The Morgan fingerprint density at radius 1 is 1.46 bits per heavy atom. The Morgan fingerprint density at radius 3 is 2.83 bits per heavy atom. The third-order valence-corrected chi connectivity index (χ3v) is 6.88. The molecular weight excluding hydrogens is 390 g/mol. The van der Waals surface area contributed by atoms with Gasteiger partial charge in [-0.15, -0.1) is 11.3 Å². The number of nitrogens with one attached hydrogen (secondary N) is 1. The van der Waals surface area contributed by atoms with Crippen molar-refractivity contribution in [3.05, 3.63) is 42.8 Å². The van der Waals surface area contributed by atoms with Gasteiger partial charge in [0, 0.05) is 37.6 Å². The van der Waals surface area contributed by atoms with E-state index in [2.05, 4.69) is 28.2 Å². The molecule has 0 fully saturated rings. The number of dihydropyridines is 1. The van der Waals surface area contributed by atoms with Gasteiger partial charge in [0.15, 0.2) is 5.78 Å². The first-order valence-electron chi connectivity index (χ1n) is 8.08. The molecule has 0 radical (unpaired) electrons. The maximum Gasteiger partial charge on any atom is 0.336 e. The molecule has 1 atom stereocenters. The van der Waals surface area contributed by atoms with Crippen molar-refractivity contribution in [3.63, 3.8) is 0 Å². The first-order valence-corrected chi connectivity index (χ1v) is 9.69. The number of halogens is 1. The van der Waals surface area contributed by atoms with Crippen molar-refractivity contribution < 1.29 is 14.3 Å². The van der Waals surface area contributed by atoms with Crippen LogP contribution in [0.1, 0.15) is 48.8 Å². The largest absolute Gasteiger partial charge is 0.466 e. The molecule has 1 aromatic rings. The quantitative estimate of drug-likeness (QED) is 0.759. The molecule has 1 aliphatic heterocycles. The van der Waals surface area contributed by atoms with Crippen molar-refractivity contribution in [2.75, 3.05) is 7.11 Å². The minimum atomic E-state index is -0.377. The number of methoxy groups -OCH3 is 1. The molecule has 1 aromatic heterocycles. The zero-order valence-corrected chi connectivity index (χ0v) is 16.4. The van der Waals surface area contributed by atoms with E-state index >= 15 is 0 Å². The zero-order chi connectivity index (χ0) is 17.4. The van der Waals surface area contributed by atoms with Crippen LogP contribution in [0.25, 0.3) is 0 Å². The second-order valence-corrected chi connectivity index (χ2v) is 8.05. The highest BCUT2D eigenvalue weighted by Gasteiger charge is 2.39. The van der Waals surface area contributed by atoms with Gasteiger partial charge >= 0.3 is 5.97 Å². The number of carbonyl (C=O) groups excluding carboxylic acids is 2. The van der Waals surface area contributed by atoms with Gasteiger partial charge in [0.05, 0.1) is 18.6 Å². The van der Waals surface area contributed by atoms with Crippen LogP contribution >= 0.6 is 27.3 Å². The summed E-state index contributed by atoms with van der Waals surface area (Å²) in [5.74, 6) is -0.578. The first kappa shape index (κ1) is 17.4. The summed E-state index contributed by atoms with van der Waals surface area (Å²) < 4.78 is 6.05. The summed E-state index contributed by atoms with van der Waals surface area (Å²) in [6, 6.07) is 2.04. The topological polar surface area (TPSA) is 55.4 Å². The lowest BCUT2D eigenvalue weighted by Gasteiger charge is -2.33. The highest BCUT2D eigenvalue weighted by Crippen LogP contribution is 2.46. The molecule has 2 heterocycles. The van der Waals surface area contributed by atoms with Gasteiger partial charge in [0.25, 0.3) is 0 Å². The maximum atomic E-state index is 12.7. The fraction of sp³-hybridized carbons (Fsp3) is 0.444. The van der Waals surface area contributed by atoms with Crippen LogP contribution in [0.2, 0.25) is 0 Å². The number of ether oxygens (including phenoxy) is 1. The van der Waals surface area contributed by atoms with Crippen molar-refractivity contribution in [1.82, 2.24) is 5.32 Å². The van der Waals surface area contributed by atoms with Crippen LogP contribution < -0.4 is 5.32 Å². The van der Waals surface area contributed by atoms with Crippen LogP contribution in [-0.4, -0.2) is 18.9 Å². The summed E-state index contributed by atoms with van der Waals surface area (Å²) in [5.41, 5.74) is 3.03. The Balaban J connectivity index is 2.19. The number of ketones is 1. The summed E-state index contributed by atoms with van der Waals surface area (Å²) in [6.07, 6.45) is 3.15. The normalized spacial score (nSPS) is 20.8. The van der Waals surface area contributed by atoms with E-state index in [1.165, 1.54) is 12.0 Å². The molecule has 128 valence electrons. The minimum absolute atomic E-state index is 0.130. The van der Waals surface area contributed by atoms with Crippen molar-refractivity contribution in [3.8, 4) is 0 Å². The Labute approximate surface area is 154 Å². The molecule has 4 nitrogen and oxygen atoms in total. The van der Waals surface area contributed by atoms with Gasteiger partial charge in [-0.05, 0) is 48.2 Å². The second kappa shape index (κ2) is 6.84. The highest BCUT2D eigenvalue weighted by molar-refractivity contribution is 9.10. The molecule has 0 amide bonds. The monoisotopic (exact) mass is 409 g/mol. The Kier molecular flexibility index (Phi) is 4.97. The fourth-order valence-electron chi connectivity index (χ4n) is 3.46. The third-order valence-electron chi connectivity index (χ3n) is 4.56. The molecule has 6 heteroatoms. The lowest BCUT2D eigenvalue weighted by molar-refractivity contribution is -0.136. The number of thiophene rings is 1. The van der Waals surface area contributed by atoms with Gasteiger partial charge in [0.2, 0.25) is 0 Å². The van der Waals surface area contributed by atoms with E-state index in [9.17, 15) is 9.59 Å². The molecule has 1 N–H and O–H groups in total. The third kappa shape index (κ3) is 2.86. The number of aryl methyl sites for hydroxylation is 1. The summed E-state index contributed by atoms with van der Waals surface area (Å²) in [7, 11) is 1.38. The number of Topliss-reactive ketones (excluding diaryl/α,β-unsaturated/α-hetero) is 1. The number of hydrogen-bond acceptors (Lipinski definition) is 5. The van der Waals surface area contributed by atoms with Crippen LogP contribution in [0.3, 0.4) is 0 Å². The number of allylic oxidation sites excluding steroid dienone is 3. The van der Waals surface area contributed by atoms with E-state index in [0.29, 0.717) is 12.0 Å². The predicted octanol–water partition coefficient (Wildman–Crippen LogP) is 4.21. The summed E-state index contributed by atoms with van der Waals surface area (Å²) in [5, 5.41) is 3.28. The molecule has 0 saturated carbocycles. The van der Waals surface area contributed by atoms with Crippen LogP contribution in [0.5, 0.6) is 0 Å². The van der Waals surface area contributed by atoms with Crippen LogP contribution in [0.15, 0.2) is 33.1 Å². The van der Waals surface area contributed by atoms with E-state index in [-0.39, 0.29) is 17.7 Å². The van der Waals surface area contributed by atoms with Gasteiger partial charge in [-0.25, -0.2) is 4.79 Å². The van der Waals surface area contributed by atoms with Crippen molar-refractivity contribution >= 4 is 39.0 Å². The van der Waals surface area contributed by atoms with Crippen molar-refractivity contribution in [1.29, 1.82) is 0 Å². The van der Waals surface area contributed by atoms with Gasteiger partial charge in [-0.2, -0.15) is 0 Å². The molecule has 0 unspecified atom stereocenters. The van der Waals surface area contributed by atoms with E-state index in [0.717, 1.165) is 45.6 Å². The number of hydrogen-bond donors (Lipinski definition) is 1. The molecule has 0 saturated heterocycles. The summed E-state index contributed by atoms with van der Waals surface area (Å²) in [4.78, 5) is 27.3. The van der Waals surface area contributed by atoms with E-state index in [4.69, 9.17) is 4.74 Å². The molecule has 0 aromatic carbocycles. The second-order valence-electron chi connectivity index (χ2n) is 6.03. The molecule has 0 bridgehead atoms. The molecule has 24 heavy (non-hydrogen) atoms. The van der Waals surface area contributed by atoms with Gasteiger partial charge in [0.1, 0.15) is 0 Å². The number of esters is 1. The van der Waals surface area contributed by atoms with Crippen LogP contribution in [0.4, 0.5) is 0 Å². The summed E-state index contributed by atoms with van der Waals surface area (Å²) in [6.45, 7) is 3.98. The lowest BCUT2D eigenvalue weighted by Crippen LogP contribution is -2.33. The minimum Gasteiger partial charge on any atom is -0.466 e. The highest BCUT2D eigenvalue weighted by atomic mass is 79.9. The average molecular weight is 410 g/mol. The number of rotatable bonds is 3. The standard InChI is InChI=1S/C18H20BrNO3S/c1-4-13-10(19)8-14(24-13)17-15(18(22)23-3)9(2)20-11-6-5-7-12(21)16(11)17/h8,17,20H,4-7H2,1-3H3/t17-/m1/s1. The van der Waals surface area contributed by atoms with Gasteiger partial charge in [-0.1, -0.05) is 6.92 Å². The SMILES string of the molecule is CCc1sc([C@@H]2C(C(=O)OC)=C(C)NC3=C2C(=O)CCC3)cc1Br. The van der Waals surface area contributed by atoms with E-state index in [1.54, 1.807) is 11.3 Å². The van der Waals surface area contributed by atoms with Crippen molar-refractivity contribution in [2.24, 2.45) is 0 Å². The van der Waals surface area contributed by atoms with Gasteiger partial charge in [-0.3, -0.25) is 4.79 Å². The number of carbonyl (C=O) groups is 2. The Morgan fingerprint density at radius 2 is 2.21 bits per heavy atom. The maximum absolute atomic E-state index is 12.7. The van der Waals surface area contributed by atoms with Crippen LogP contribution in [-0.2, 0) is 20.7 Å². The molecule has 0 spiro atoms. The Hall–Kier alpha value is -1.40. The molecular formula is C18H20BrNO3S. The summed E-state index contributed by atoms with van der Waals surface area (Å²) >= 11 is 5.25. The molecule has 3 rings (SSSR count). The molecule has 1 aliphatic carbocycles. The van der Waals surface area contributed by atoms with Crippen LogP contribution in [0, 0.1) is 0 Å². The zero-order valence-electron chi connectivity index (χ0n) is 14.0. The predicted molar refractivity (Wildman–Crippen MR) is 97.9 cm³/mol. The van der Waals surface area contributed by atoms with Crippen molar-refractivity contribution in [2.45, 2.75) is 45.4 Å².